The summed E-state index contributed by atoms with van der Waals surface area (Å²) in [5, 5.41) is 8.57. The second-order valence-electron chi connectivity index (χ2n) is 3.68. The molecule has 0 aliphatic rings. The summed E-state index contributed by atoms with van der Waals surface area (Å²) >= 11 is 0. The molecule has 1 rings (SSSR count). The summed E-state index contributed by atoms with van der Waals surface area (Å²) < 4.78 is 39.7. The Hall–Kier alpha value is -1.76. The van der Waals surface area contributed by atoms with Gasteiger partial charge in [0.1, 0.15) is 11.8 Å². The van der Waals surface area contributed by atoms with E-state index in [0.717, 1.165) is 0 Å². The van der Waals surface area contributed by atoms with Gasteiger partial charge in [-0.05, 0) is 30.5 Å². The summed E-state index contributed by atoms with van der Waals surface area (Å²) in [5.74, 6) is -1.47. The molecule has 0 fully saturated rings. The van der Waals surface area contributed by atoms with E-state index in [0.29, 0.717) is 5.56 Å². The topological polar surface area (TPSA) is 72.5 Å². The summed E-state index contributed by atoms with van der Waals surface area (Å²) in [4.78, 5) is 10.5. The number of aliphatic carboxylic acids is 1. The molecule has 0 saturated carbocycles. The van der Waals surface area contributed by atoms with Crippen molar-refractivity contribution in [1.82, 2.24) is 0 Å². The second kappa shape index (κ2) is 5.72. The van der Waals surface area contributed by atoms with E-state index < -0.39 is 18.4 Å². The van der Waals surface area contributed by atoms with Crippen LogP contribution in [-0.4, -0.2) is 23.5 Å². The van der Waals surface area contributed by atoms with Crippen molar-refractivity contribution in [2.24, 2.45) is 5.73 Å². The number of benzene rings is 1. The molecule has 4 nitrogen and oxygen atoms in total. The molecule has 1 aromatic carbocycles. The Kier molecular flexibility index (Phi) is 4.55. The average Bonchev–Trinajstić information content (AvgIpc) is 2.23. The zero-order valence-electron chi connectivity index (χ0n) is 9.28. The minimum absolute atomic E-state index is 0.144. The molecule has 18 heavy (non-hydrogen) atoms. The van der Waals surface area contributed by atoms with Crippen molar-refractivity contribution in [3.63, 3.8) is 0 Å². The quantitative estimate of drug-likeness (QED) is 0.851. The number of carboxylic acids is 1. The van der Waals surface area contributed by atoms with E-state index in [2.05, 4.69) is 4.74 Å². The summed E-state index contributed by atoms with van der Waals surface area (Å²) in [5.41, 5.74) is 5.83. The molecule has 0 aromatic heterocycles. The molecule has 0 amide bonds. The first kappa shape index (κ1) is 14.3. The van der Waals surface area contributed by atoms with E-state index in [4.69, 9.17) is 10.8 Å². The second-order valence-corrected chi connectivity index (χ2v) is 3.68. The highest BCUT2D eigenvalue weighted by Crippen LogP contribution is 2.23. The zero-order chi connectivity index (χ0) is 13.8. The fraction of sp³-hybridized carbons (Fsp3) is 0.364. The van der Waals surface area contributed by atoms with Gasteiger partial charge in [-0.15, -0.1) is 13.2 Å². The van der Waals surface area contributed by atoms with E-state index in [1.54, 1.807) is 6.07 Å². The summed E-state index contributed by atoms with van der Waals surface area (Å²) in [7, 11) is 0. The van der Waals surface area contributed by atoms with Gasteiger partial charge in [-0.2, -0.15) is 0 Å². The molecule has 100 valence electrons. The van der Waals surface area contributed by atoms with Gasteiger partial charge in [0.25, 0.3) is 0 Å². The third-order valence-corrected chi connectivity index (χ3v) is 2.19. The molecule has 1 unspecified atom stereocenters. The van der Waals surface area contributed by atoms with Crippen LogP contribution in [0.4, 0.5) is 13.2 Å². The molecular weight excluding hydrogens is 251 g/mol. The lowest BCUT2D eigenvalue weighted by molar-refractivity contribution is -0.274. The Morgan fingerprint density at radius 1 is 1.44 bits per heavy atom. The minimum atomic E-state index is -4.74. The summed E-state index contributed by atoms with van der Waals surface area (Å²) in [6.07, 6.45) is -4.33. The van der Waals surface area contributed by atoms with Gasteiger partial charge in [0, 0.05) is 0 Å². The smallest absolute Gasteiger partial charge is 0.480 e. The molecule has 1 atom stereocenters. The van der Waals surface area contributed by atoms with Crippen molar-refractivity contribution >= 4 is 5.97 Å². The predicted octanol–water partition coefficient (Wildman–Crippen LogP) is 1.93. The lowest BCUT2D eigenvalue weighted by atomic mass is 10.1. The number of carboxylic acid groups (broad SMARTS) is 1. The highest BCUT2D eigenvalue weighted by atomic mass is 19.4. The Bertz CT molecular complexity index is 420. The molecule has 0 aliphatic carbocycles. The standard InChI is InChI=1S/C11H12F3NO3/c12-11(13,14)18-8-3-1-2-7(6-8)4-5-9(15)10(16)17/h1-3,6,9H,4-5,15H2,(H,16,17). The Morgan fingerprint density at radius 3 is 2.67 bits per heavy atom. The molecule has 0 bridgehead atoms. The van der Waals surface area contributed by atoms with Crippen LogP contribution in [-0.2, 0) is 11.2 Å². The number of hydrogen-bond acceptors (Lipinski definition) is 3. The van der Waals surface area contributed by atoms with Crippen LogP contribution >= 0.6 is 0 Å². The lowest BCUT2D eigenvalue weighted by Gasteiger charge is -2.10. The minimum Gasteiger partial charge on any atom is -0.480 e. The van der Waals surface area contributed by atoms with Crippen LogP contribution in [0.25, 0.3) is 0 Å². The number of halogens is 3. The van der Waals surface area contributed by atoms with Crippen LogP contribution in [0.2, 0.25) is 0 Å². The van der Waals surface area contributed by atoms with Gasteiger partial charge >= 0.3 is 12.3 Å². The number of rotatable bonds is 5. The molecule has 0 saturated heterocycles. The fourth-order valence-corrected chi connectivity index (χ4v) is 1.34. The number of hydrogen-bond donors (Lipinski definition) is 2. The normalized spacial score (nSPS) is 13.1. The molecule has 7 heteroatoms. The highest BCUT2D eigenvalue weighted by molar-refractivity contribution is 5.73. The van der Waals surface area contributed by atoms with Crippen molar-refractivity contribution in [2.75, 3.05) is 0 Å². The van der Waals surface area contributed by atoms with E-state index in [-0.39, 0.29) is 18.6 Å². The average molecular weight is 263 g/mol. The Morgan fingerprint density at radius 2 is 2.11 bits per heavy atom. The van der Waals surface area contributed by atoms with Gasteiger partial charge in [-0.25, -0.2) is 0 Å². The van der Waals surface area contributed by atoms with Gasteiger partial charge in [-0.3, -0.25) is 4.79 Å². The lowest BCUT2D eigenvalue weighted by Crippen LogP contribution is -2.30. The van der Waals surface area contributed by atoms with Crippen molar-refractivity contribution in [3.05, 3.63) is 29.8 Å². The van der Waals surface area contributed by atoms with E-state index >= 15 is 0 Å². The summed E-state index contributed by atoms with van der Waals surface area (Å²) in [6, 6.07) is 4.34. The number of nitrogens with two attached hydrogens (primary N) is 1. The number of carbonyl (C=O) groups is 1. The third-order valence-electron chi connectivity index (χ3n) is 2.19. The SMILES string of the molecule is NC(CCc1cccc(OC(F)(F)F)c1)C(=O)O. The van der Waals surface area contributed by atoms with Gasteiger partial charge < -0.3 is 15.6 Å². The van der Waals surface area contributed by atoms with Crippen LogP contribution in [0.1, 0.15) is 12.0 Å². The molecule has 0 spiro atoms. The van der Waals surface area contributed by atoms with Crippen molar-refractivity contribution in [2.45, 2.75) is 25.2 Å². The Labute approximate surface area is 101 Å². The summed E-state index contributed by atoms with van der Waals surface area (Å²) in [6.45, 7) is 0. The monoisotopic (exact) mass is 263 g/mol. The zero-order valence-corrected chi connectivity index (χ0v) is 9.28. The van der Waals surface area contributed by atoms with Gasteiger partial charge in [0.15, 0.2) is 0 Å². The van der Waals surface area contributed by atoms with Gasteiger partial charge in [0.05, 0.1) is 0 Å². The number of alkyl halides is 3. The highest BCUT2D eigenvalue weighted by Gasteiger charge is 2.31. The van der Waals surface area contributed by atoms with Crippen molar-refractivity contribution in [3.8, 4) is 5.75 Å². The molecule has 0 heterocycles. The largest absolute Gasteiger partial charge is 0.573 e. The molecule has 0 radical (unpaired) electrons. The molecule has 3 N–H and O–H groups in total. The van der Waals surface area contributed by atoms with Gasteiger partial charge in [0.2, 0.25) is 0 Å². The number of aryl methyl sites for hydroxylation is 1. The van der Waals surface area contributed by atoms with Crippen molar-refractivity contribution in [1.29, 1.82) is 0 Å². The number of ether oxygens (including phenoxy) is 1. The van der Waals surface area contributed by atoms with Crippen molar-refractivity contribution < 1.29 is 27.8 Å². The first-order chi connectivity index (χ1) is 8.28. The third kappa shape index (κ3) is 5.05. The molecule has 0 aliphatic heterocycles. The first-order valence-corrected chi connectivity index (χ1v) is 5.11. The maximum atomic E-state index is 12.0. The van der Waals surface area contributed by atoms with E-state index in [1.165, 1.54) is 18.2 Å². The maximum absolute atomic E-state index is 12.0. The van der Waals surface area contributed by atoms with Crippen LogP contribution in [0.5, 0.6) is 5.75 Å². The van der Waals surface area contributed by atoms with E-state index in [1.807, 2.05) is 0 Å². The first-order valence-electron chi connectivity index (χ1n) is 5.11. The van der Waals surface area contributed by atoms with Crippen LogP contribution in [0.3, 0.4) is 0 Å². The van der Waals surface area contributed by atoms with E-state index in [9.17, 15) is 18.0 Å². The van der Waals surface area contributed by atoms with Gasteiger partial charge in [-0.1, -0.05) is 12.1 Å². The van der Waals surface area contributed by atoms with Crippen LogP contribution in [0.15, 0.2) is 24.3 Å². The fourth-order valence-electron chi connectivity index (χ4n) is 1.34. The molecular formula is C11H12F3NO3. The van der Waals surface area contributed by atoms with Crippen LogP contribution in [0, 0.1) is 0 Å². The Balaban J connectivity index is 2.62. The molecule has 1 aromatic rings. The van der Waals surface area contributed by atoms with Crippen LogP contribution < -0.4 is 10.5 Å². The predicted molar refractivity (Wildman–Crippen MR) is 57.1 cm³/mol. The maximum Gasteiger partial charge on any atom is 0.573 e.